The molecule has 6 nitrogen and oxygen atoms in total. The Morgan fingerprint density at radius 3 is 2.81 bits per heavy atom. The monoisotopic (exact) mass is 377 g/mol. The van der Waals surface area contributed by atoms with Gasteiger partial charge in [0.15, 0.2) is 0 Å². The van der Waals surface area contributed by atoms with Crippen LogP contribution >= 0.6 is 15.9 Å². The van der Waals surface area contributed by atoms with Gasteiger partial charge in [-0.3, -0.25) is 0 Å². The maximum absolute atomic E-state index is 13.2. The normalized spacial score (nSPS) is 11.8. The third-order valence-corrected chi connectivity index (χ3v) is 5.06. The average Bonchev–Trinajstić information content (AvgIpc) is 2.88. The molecular weight excluding hydrogens is 365 g/mol. The fourth-order valence-corrected chi connectivity index (χ4v) is 3.60. The Labute approximate surface area is 129 Å². The van der Waals surface area contributed by atoms with Gasteiger partial charge in [0.2, 0.25) is 15.9 Å². The number of nitrogens with one attached hydrogen (secondary N) is 1. The highest BCUT2D eigenvalue weighted by atomic mass is 79.9. The number of nitrogen functional groups attached to an aromatic ring is 1. The van der Waals surface area contributed by atoms with Crippen LogP contribution in [0.25, 0.3) is 0 Å². The maximum Gasteiger partial charge on any atom is 0.242 e. The quantitative estimate of drug-likeness (QED) is 0.778. The molecular formula is C12H13BrFN3O3S. The summed E-state index contributed by atoms with van der Waals surface area (Å²) in [6.07, 6.45) is 2.20. The summed E-state index contributed by atoms with van der Waals surface area (Å²) in [7, 11) is -3.87. The van der Waals surface area contributed by atoms with Crippen LogP contribution in [0.2, 0.25) is 0 Å². The number of anilines is 1. The van der Waals surface area contributed by atoms with Crippen molar-refractivity contribution in [2.24, 2.45) is 0 Å². The first-order chi connectivity index (χ1) is 9.83. The summed E-state index contributed by atoms with van der Waals surface area (Å²) in [6.45, 7) is 1.79. The second-order valence-corrected chi connectivity index (χ2v) is 6.79. The maximum atomic E-state index is 13.2. The molecule has 1 heterocycles. The van der Waals surface area contributed by atoms with Crippen molar-refractivity contribution in [3.8, 4) is 0 Å². The predicted molar refractivity (Wildman–Crippen MR) is 78.4 cm³/mol. The molecule has 2 aromatic rings. The summed E-state index contributed by atoms with van der Waals surface area (Å²) in [5, 5.41) is 0. The van der Waals surface area contributed by atoms with Crippen LogP contribution in [0.3, 0.4) is 0 Å². The van der Waals surface area contributed by atoms with Crippen LogP contribution < -0.4 is 10.5 Å². The molecule has 0 aliphatic heterocycles. The van der Waals surface area contributed by atoms with E-state index in [0.717, 1.165) is 12.1 Å². The molecule has 114 valence electrons. The fraction of sp³-hybridized carbons (Fsp3) is 0.250. The fourth-order valence-electron chi connectivity index (χ4n) is 1.58. The van der Waals surface area contributed by atoms with Crippen molar-refractivity contribution >= 4 is 31.6 Å². The first-order valence-corrected chi connectivity index (χ1v) is 8.29. The van der Waals surface area contributed by atoms with Gasteiger partial charge in [0.05, 0.1) is 23.3 Å². The van der Waals surface area contributed by atoms with E-state index in [-0.39, 0.29) is 27.5 Å². The first kappa shape index (κ1) is 15.9. The molecule has 0 saturated carbocycles. The summed E-state index contributed by atoms with van der Waals surface area (Å²) >= 11 is 3.00. The van der Waals surface area contributed by atoms with Gasteiger partial charge in [0.25, 0.3) is 0 Å². The number of aryl methyl sites for hydroxylation is 1. The Morgan fingerprint density at radius 1 is 1.48 bits per heavy atom. The first-order valence-electron chi connectivity index (χ1n) is 6.01. The molecule has 9 heteroatoms. The molecule has 0 bridgehead atoms. The lowest BCUT2D eigenvalue weighted by Crippen LogP contribution is -2.24. The number of halogens is 2. The van der Waals surface area contributed by atoms with E-state index < -0.39 is 15.8 Å². The minimum absolute atomic E-state index is 0.0864. The lowest BCUT2D eigenvalue weighted by Gasteiger charge is -2.08. The molecule has 1 aromatic heterocycles. The van der Waals surface area contributed by atoms with Gasteiger partial charge in [-0.15, -0.1) is 0 Å². The minimum Gasteiger partial charge on any atom is -0.444 e. The zero-order valence-electron chi connectivity index (χ0n) is 11.1. The zero-order valence-corrected chi connectivity index (χ0v) is 13.5. The molecule has 0 aliphatic carbocycles. The summed E-state index contributed by atoms with van der Waals surface area (Å²) in [6, 6.07) is 2.05. The zero-order chi connectivity index (χ0) is 15.6. The number of nitrogens with two attached hydrogens (primary N) is 1. The Morgan fingerprint density at radius 2 is 2.19 bits per heavy atom. The molecule has 1 aromatic carbocycles. The largest absolute Gasteiger partial charge is 0.444 e. The number of hydrogen-bond acceptors (Lipinski definition) is 5. The minimum atomic E-state index is -3.87. The van der Waals surface area contributed by atoms with Gasteiger partial charge in [0, 0.05) is 10.9 Å². The summed E-state index contributed by atoms with van der Waals surface area (Å²) < 4.78 is 45.3. The number of nitrogens with zero attached hydrogens (tertiary/aromatic N) is 1. The van der Waals surface area contributed by atoms with E-state index >= 15 is 0 Å². The van der Waals surface area contributed by atoms with E-state index in [1.54, 1.807) is 0 Å². The van der Waals surface area contributed by atoms with Crippen LogP contribution in [0.1, 0.15) is 18.6 Å². The van der Waals surface area contributed by atoms with Crippen LogP contribution in [0.5, 0.6) is 0 Å². The average molecular weight is 378 g/mol. The Bertz CT molecular complexity index is 761. The third kappa shape index (κ3) is 3.60. The van der Waals surface area contributed by atoms with Crippen LogP contribution in [0, 0.1) is 5.82 Å². The van der Waals surface area contributed by atoms with Crippen molar-refractivity contribution in [2.45, 2.75) is 24.8 Å². The van der Waals surface area contributed by atoms with E-state index in [9.17, 15) is 12.8 Å². The van der Waals surface area contributed by atoms with Crippen LogP contribution in [-0.4, -0.2) is 13.4 Å². The van der Waals surface area contributed by atoms with Crippen LogP contribution in [0.4, 0.5) is 10.1 Å². The molecule has 0 fully saturated rings. The topological polar surface area (TPSA) is 98.2 Å². The highest BCUT2D eigenvalue weighted by Gasteiger charge is 2.20. The van der Waals surface area contributed by atoms with Gasteiger partial charge in [-0.1, -0.05) is 6.92 Å². The van der Waals surface area contributed by atoms with Gasteiger partial charge in [0.1, 0.15) is 11.6 Å². The molecule has 21 heavy (non-hydrogen) atoms. The number of rotatable bonds is 5. The second-order valence-electron chi connectivity index (χ2n) is 4.20. The molecule has 0 spiro atoms. The Kier molecular flexibility index (Phi) is 4.64. The molecule has 0 amide bonds. The van der Waals surface area contributed by atoms with Gasteiger partial charge in [-0.25, -0.2) is 22.5 Å². The number of aromatic nitrogens is 1. The molecule has 2 rings (SSSR count). The molecule has 0 radical (unpaired) electrons. The molecule has 3 N–H and O–H groups in total. The van der Waals surface area contributed by atoms with E-state index in [1.807, 2.05) is 6.92 Å². The Hall–Kier alpha value is -1.45. The number of benzene rings is 1. The molecule has 0 atom stereocenters. The van der Waals surface area contributed by atoms with Gasteiger partial charge >= 0.3 is 0 Å². The van der Waals surface area contributed by atoms with E-state index in [1.165, 1.54) is 6.20 Å². The SMILES string of the molecule is CCc1cnc(CNS(=O)(=O)c2cc(N)c(F)cc2Br)o1. The number of oxazole rings is 1. The third-order valence-electron chi connectivity index (χ3n) is 2.70. The van der Waals surface area contributed by atoms with E-state index in [2.05, 4.69) is 25.6 Å². The van der Waals surface area contributed by atoms with Crippen molar-refractivity contribution in [2.75, 3.05) is 5.73 Å². The van der Waals surface area contributed by atoms with Crippen molar-refractivity contribution in [1.29, 1.82) is 0 Å². The summed E-state index contributed by atoms with van der Waals surface area (Å²) in [5.41, 5.74) is 5.15. The lowest BCUT2D eigenvalue weighted by atomic mass is 10.3. The summed E-state index contributed by atoms with van der Waals surface area (Å²) in [4.78, 5) is 3.80. The standard InChI is InChI=1S/C12H13BrFN3O3S/c1-2-7-5-16-12(20-7)6-17-21(18,19)11-4-10(15)9(14)3-8(11)13/h3-5,17H,2,6,15H2,1H3. The van der Waals surface area contributed by atoms with Gasteiger partial charge in [-0.05, 0) is 28.1 Å². The highest BCUT2D eigenvalue weighted by Crippen LogP contribution is 2.26. The van der Waals surface area contributed by atoms with Crippen LogP contribution in [0.15, 0.2) is 32.1 Å². The molecule has 0 unspecified atom stereocenters. The smallest absolute Gasteiger partial charge is 0.242 e. The lowest BCUT2D eigenvalue weighted by molar-refractivity contribution is 0.452. The van der Waals surface area contributed by atoms with Crippen LogP contribution in [-0.2, 0) is 23.0 Å². The van der Waals surface area contributed by atoms with E-state index in [0.29, 0.717) is 12.2 Å². The van der Waals surface area contributed by atoms with Gasteiger partial charge < -0.3 is 10.2 Å². The van der Waals surface area contributed by atoms with Crippen molar-refractivity contribution in [1.82, 2.24) is 9.71 Å². The molecule has 0 saturated heterocycles. The Balaban J connectivity index is 2.20. The predicted octanol–water partition coefficient (Wildman–Crippen LogP) is 2.20. The summed E-state index contributed by atoms with van der Waals surface area (Å²) in [5.74, 6) is 0.221. The number of hydrogen-bond donors (Lipinski definition) is 2. The number of sulfonamides is 1. The van der Waals surface area contributed by atoms with Crippen molar-refractivity contribution in [3.05, 3.63) is 40.3 Å². The highest BCUT2D eigenvalue weighted by molar-refractivity contribution is 9.10. The van der Waals surface area contributed by atoms with Crippen molar-refractivity contribution < 1.29 is 17.2 Å². The van der Waals surface area contributed by atoms with Crippen molar-refractivity contribution in [3.63, 3.8) is 0 Å². The van der Waals surface area contributed by atoms with Gasteiger partial charge in [-0.2, -0.15) is 0 Å². The van der Waals surface area contributed by atoms with E-state index in [4.69, 9.17) is 10.2 Å². The second kappa shape index (κ2) is 6.12. The molecule has 0 aliphatic rings.